The van der Waals surface area contributed by atoms with Gasteiger partial charge in [-0.25, -0.2) is 0 Å². The number of hydrogen-bond acceptors (Lipinski definition) is 3. The molecule has 90 valence electrons. The third-order valence-electron chi connectivity index (χ3n) is 3.85. The molecule has 0 spiro atoms. The van der Waals surface area contributed by atoms with Gasteiger partial charge in [0.25, 0.3) is 0 Å². The fourth-order valence-corrected chi connectivity index (χ4v) is 2.83. The Morgan fingerprint density at radius 1 is 1.06 bits per heavy atom. The van der Waals surface area contributed by atoms with Crippen LogP contribution >= 0.6 is 0 Å². The summed E-state index contributed by atoms with van der Waals surface area (Å²) < 4.78 is 0. The number of nitrogens with zero attached hydrogens (tertiary/aromatic N) is 1. The highest BCUT2D eigenvalue weighted by molar-refractivity contribution is 5.97. The van der Waals surface area contributed by atoms with Crippen molar-refractivity contribution in [1.29, 1.82) is 0 Å². The Kier molecular flexibility index (Phi) is 3.59. The molecule has 1 N–H and O–H groups in total. The van der Waals surface area contributed by atoms with Gasteiger partial charge in [0, 0.05) is 26.0 Å². The van der Waals surface area contributed by atoms with E-state index < -0.39 is 0 Å². The molecular weight excluding hydrogens is 206 g/mol. The van der Waals surface area contributed by atoms with Crippen molar-refractivity contribution in [2.45, 2.75) is 38.5 Å². The van der Waals surface area contributed by atoms with E-state index in [1.807, 2.05) is 0 Å². The fraction of sp³-hybridized carbons (Fsp3) is 0.833. The van der Waals surface area contributed by atoms with Gasteiger partial charge in [-0.2, -0.15) is 0 Å². The predicted molar refractivity (Wildman–Crippen MR) is 58.5 cm³/mol. The number of carbonyl (C=O) groups is 2. The number of likely N-dealkylation sites (tertiary alicyclic amines) is 1. The number of carbonyl (C=O) groups excluding carboxylic acids is 2. The first-order valence-corrected chi connectivity index (χ1v) is 6.16. The summed E-state index contributed by atoms with van der Waals surface area (Å²) in [5, 5.41) is 9.21. The molecule has 2 amide bonds. The molecular formula is C12H19NO3. The SMILES string of the molecule is O=C1CCCC(=O)N1CC1CCCC1CO. The summed E-state index contributed by atoms with van der Waals surface area (Å²) in [7, 11) is 0. The van der Waals surface area contributed by atoms with Crippen molar-refractivity contribution in [1.82, 2.24) is 4.90 Å². The first-order chi connectivity index (χ1) is 7.72. The molecule has 1 aliphatic heterocycles. The molecule has 1 saturated heterocycles. The standard InChI is InChI=1S/C12H19NO3/c14-8-10-4-1-3-9(10)7-13-11(15)5-2-6-12(13)16/h9-10,14H,1-8H2. The Bertz CT molecular complexity index is 274. The number of piperidine rings is 1. The molecule has 2 rings (SSSR count). The number of amides is 2. The van der Waals surface area contributed by atoms with Gasteiger partial charge in [-0.05, 0) is 31.1 Å². The highest BCUT2D eigenvalue weighted by atomic mass is 16.3. The lowest BCUT2D eigenvalue weighted by molar-refractivity contribution is -0.149. The van der Waals surface area contributed by atoms with E-state index in [2.05, 4.69) is 0 Å². The summed E-state index contributed by atoms with van der Waals surface area (Å²) in [6, 6.07) is 0. The van der Waals surface area contributed by atoms with Gasteiger partial charge in [0.05, 0.1) is 0 Å². The maximum atomic E-state index is 11.6. The first kappa shape index (κ1) is 11.6. The Morgan fingerprint density at radius 3 is 2.31 bits per heavy atom. The topological polar surface area (TPSA) is 57.6 Å². The normalized spacial score (nSPS) is 31.2. The lowest BCUT2D eigenvalue weighted by Gasteiger charge is -2.29. The van der Waals surface area contributed by atoms with Crippen LogP contribution in [-0.4, -0.2) is 35.0 Å². The second-order valence-corrected chi connectivity index (χ2v) is 4.89. The van der Waals surface area contributed by atoms with E-state index in [1.165, 1.54) is 4.90 Å². The van der Waals surface area contributed by atoms with Crippen LogP contribution in [-0.2, 0) is 9.59 Å². The zero-order valence-electron chi connectivity index (χ0n) is 9.52. The molecule has 1 aliphatic carbocycles. The summed E-state index contributed by atoms with van der Waals surface area (Å²) >= 11 is 0. The highest BCUT2D eigenvalue weighted by Crippen LogP contribution is 2.32. The molecule has 1 heterocycles. The number of hydrogen-bond donors (Lipinski definition) is 1. The predicted octanol–water partition coefficient (Wildman–Crippen LogP) is 0.934. The van der Waals surface area contributed by atoms with Crippen LogP contribution in [0, 0.1) is 11.8 Å². The van der Waals surface area contributed by atoms with Gasteiger partial charge in [-0.15, -0.1) is 0 Å². The van der Waals surface area contributed by atoms with Crippen LogP contribution in [0.3, 0.4) is 0 Å². The van der Waals surface area contributed by atoms with Crippen LogP contribution < -0.4 is 0 Å². The zero-order chi connectivity index (χ0) is 11.5. The van der Waals surface area contributed by atoms with E-state index in [1.54, 1.807) is 0 Å². The van der Waals surface area contributed by atoms with Gasteiger partial charge in [0.1, 0.15) is 0 Å². The largest absolute Gasteiger partial charge is 0.396 e. The molecule has 0 aromatic heterocycles. The minimum absolute atomic E-state index is 0.0279. The minimum atomic E-state index is -0.0279. The Morgan fingerprint density at radius 2 is 1.69 bits per heavy atom. The summed E-state index contributed by atoms with van der Waals surface area (Å²) in [5.41, 5.74) is 0. The summed E-state index contributed by atoms with van der Waals surface area (Å²) in [6.45, 7) is 0.712. The van der Waals surface area contributed by atoms with Crippen molar-refractivity contribution in [3.8, 4) is 0 Å². The molecule has 0 aromatic carbocycles. The average molecular weight is 225 g/mol. The number of aliphatic hydroxyl groups excluding tert-OH is 1. The highest BCUT2D eigenvalue weighted by Gasteiger charge is 2.33. The molecule has 0 radical (unpaired) electrons. The molecule has 1 saturated carbocycles. The van der Waals surface area contributed by atoms with Crippen LogP contribution in [0.5, 0.6) is 0 Å². The van der Waals surface area contributed by atoms with E-state index in [9.17, 15) is 14.7 Å². The summed E-state index contributed by atoms with van der Waals surface area (Å²) in [6.07, 6.45) is 4.86. The van der Waals surface area contributed by atoms with Crippen molar-refractivity contribution < 1.29 is 14.7 Å². The molecule has 2 unspecified atom stereocenters. The van der Waals surface area contributed by atoms with Crippen LogP contribution in [0.4, 0.5) is 0 Å². The van der Waals surface area contributed by atoms with E-state index in [4.69, 9.17) is 0 Å². The quantitative estimate of drug-likeness (QED) is 0.727. The monoisotopic (exact) mass is 225 g/mol. The van der Waals surface area contributed by atoms with Crippen molar-refractivity contribution in [2.75, 3.05) is 13.2 Å². The van der Waals surface area contributed by atoms with E-state index in [0.29, 0.717) is 31.7 Å². The lowest BCUT2D eigenvalue weighted by Crippen LogP contribution is -2.43. The Hall–Kier alpha value is -0.900. The van der Waals surface area contributed by atoms with Crippen molar-refractivity contribution in [3.63, 3.8) is 0 Å². The maximum Gasteiger partial charge on any atom is 0.229 e. The number of rotatable bonds is 3. The van der Waals surface area contributed by atoms with Crippen molar-refractivity contribution in [3.05, 3.63) is 0 Å². The third-order valence-corrected chi connectivity index (χ3v) is 3.85. The second-order valence-electron chi connectivity index (χ2n) is 4.89. The summed E-state index contributed by atoms with van der Waals surface area (Å²) in [4.78, 5) is 24.7. The van der Waals surface area contributed by atoms with Crippen molar-refractivity contribution in [2.24, 2.45) is 11.8 Å². The smallest absolute Gasteiger partial charge is 0.229 e. The van der Waals surface area contributed by atoms with Crippen LogP contribution in [0.2, 0.25) is 0 Å². The van der Waals surface area contributed by atoms with Crippen molar-refractivity contribution >= 4 is 11.8 Å². The van der Waals surface area contributed by atoms with Crippen LogP contribution in [0.1, 0.15) is 38.5 Å². The average Bonchev–Trinajstić information content (AvgIpc) is 2.71. The maximum absolute atomic E-state index is 11.6. The van der Waals surface area contributed by atoms with E-state index in [-0.39, 0.29) is 24.3 Å². The summed E-state index contributed by atoms with van der Waals surface area (Å²) in [5.74, 6) is 0.540. The molecule has 2 fully saturated rings. The second kappa shape index (κ2) is 4.95. The zero-order valence-corrected chi connectivity index (χ0v) is 9.52. The Balaban J connectivity index is 1.96. The van der Waals surface area contributed by atoms with Gasteiger partial charge in [0.2, 0.25) is 11.8 Å². The van der Waals surface area contributed by atoms with Crippen LogP contribution in [0.15, 0.2) is 0 Å². The molecule has 0 aromatic rings. The molecule has 0 bridgehead atoms. The van der Waals surface area contributed by atoms with Gasteiger partial charge in [-0.1, -0.05) is 6.42 Å². The molecule has 4 heteroatoms. The molecule has 2 atom stereocenters. The fourth-order valence-electron chi connectivity index (χ4n) is 2.83. The first-order valence-electron chi connectivity index (χ1n) is 6.16. The van der Waals surface area contributed by atoms with Crippen LogP contribution in [0.25, 0.3) is 0 Å². The Labute approximate surface area is 95.6 Å². The molecule has 2 aliphatic rings. The van der Waals surface area contributed by atoms with Gasteiger partial charge in [-0.3, -0.25) is 14.5 Å². The lowest BCUT2D eigenvalue weighted by atomic mass is 9.95. The molecule has 4 nitrogen and oxygen atoms in total. The molecule has 16 heavy (non-hydrogen) atoms. The minimum Gasteiger partial charge on any atom is -0.396 e. The number of aliphatic hydroxyl groups is 1. The number of imide groups is 1. The van der Waals surface area contributed by atoms with Gasteiger partial charge in [0.15, 0.2) is 0 Å². The van der Waals surface area contributed by atoms with Gasteiger partial charge >= 0.3 is 0 Å². The van der Waals surface area contributed by atoms with E-state index in [0.717, 1.165) is 19.3 Å². The third kappa shape index (κ3) is 2.26. The van der Waals surface area contributed by atoms with Gasteiger partial charge < -0.3 is 5.11 Å². The van der Waals surface area contributed by atoms with E-state index >= 15 is 0 Å².